The van der Waals surface area contributed by atoms with Crippen molar-refractivity contribution in [3.05, 3.63) is 0 Å². The summed E-state index contributed by atoms with van der Waals surface area (Å²) in [4.78, 5) is 13.9. The Morgan fingerprint density at radius 3 is 2.83 bits per heavy atom. The molecule has 0 aromatic carbocycles. The quantitative estimate of drug-likeness (QED) is 0.691. The van der Waals surface area contributed by atoms with Gasteiger partial charge < -0.3 is 16.0 Å². The molecule has 18 heavy (non-hydrogen) atoms. The highest BCUT2D eigenvalue weighted by Crippen LogP contribution is 2.19. The van der Waals surface area contributed by atoms with E-state index in [1.54, 1.807) is 0 Å². The van der Waals surface area contributed by atoms with Gasteiger partial charge in [-0.2, -0.15) is 0 Å². The lowest BCUT2D eigenvalue weighted by Crippen LogP contribution is -2.46. The maximum Gasteiger partial charge on any atom is 0.234 e. The van der Waals surface area contributed by atoms with Crippen molar-refractivity contribution in [2.45, 2.75) is 64.5 Å². The first kappa shape index (κ1) is 15.4. The lowest BCUT2D eigenvalue weighted by atomic mass is 9.99. The molecule has 1 fully saturated rings. The smallest absolute Gasteiger partial charge is 0.234 e. The Kier molecular flexibility index (Phi) is 7.28. The highest BCUT2D eigenvalue weighted by Gasteiger charge is 2.22. The van der Waals surface area contributed by atoms with Gasteiger partial charge in [0, 0.05) is 12.6 Å². The number of nitrogens with zero attached hydrogens (tertiary/aromatic N) is 1. The number of hydrogen-bond acceptors (Lipinski definition) is 3. The summed E-state index contributed by atoms with van der Waals surface area (Å²) in [5.74, 6) is -0.214. The standard InChI is InChI=1S/C14H29N3O/c1-3-9-16-13(14(15)18)8-11-17-10-6-5-7-12(17)4-2/h12-13,16H,3-11H2,1-2H3,(H2,15,18). The average Bonchev–Trinajstić information content (AvgIpc) is 2.38. The van der Waals surface area contributed by atoms with Crippen molar-refractivity contribution in [2.24, 2.45) is 5.73 Å². The summed E-state index contributed by atoms with van der Waals surface area (Å²) >= 11 is 0. The number of likely N-dealkylation sites (tertiary alicyclic amines) is 1. The zero-order valence-electron chi connectivity index (χ0n) is 12.0. The average molecular weight is 255 g/mol. The molecule has 2 atom stereocenters. The Labute approximate surface area is 111 Å². The van der Waals surface area contributed by atoms with Gasteiger partial charge in [-0.15, -0.1) is 0 Å². The normalized spacial score (nSPS) is 22.9. The Hall–Kier alpha value is -0.610. The summed E-state index contributed by atoms with van der Waals surface area (Å²) in [6.45, 7) is 7.39. The van der Waals surface area contributed by atoms with Gasteiger partial charge in [-0.05, 0) is 45.2 Å². The van der Waals surface area contributed by atoms with Crippen LogP contribution in [0.15, 0.2) is 0 Å². The number of rotatable bonds is 8. The van der Waals surface area contributed by atoms with Gasteiger partial charge >= 0.3 is 0 Å². The molecule has 0 bridgehead atoms. The molecule has 1 heterocycles. The van der Waals surface area contributed by atoms with Crippen LogP contribution in [0.3, 0.4) is 0 Å². The Morgan fingerprint density at radius 2 is 2.22 bits per heavy atom. The molecule has 1 amide bonds. The van der Waals surface area contributed by atoms with E-state index in [4.69, 9.17) is 5.73 Å². The zero-order valence-corrected chi connectivity index (χ0v) is 12.0. The van der Waals surface area contributed by atoms with Gasteiger partial charge in [0.1, 0.15) is 0 Å². The summed E-state index contributed by atoms with van der Waals surface area (Å²) in [6.07, 6.45) is 7.03. The van der Waals surface area contributed by atoms with Crippen LogP contribution in [0.25, 0.3) is 0 Å². The molecule has 1 saturated heterocycles. The molecule has 2 unspecified atom stereocenters. The number of carbonyl (C=O) groups is 1. The molecule has 1 aliphatic heterocycles. The number of amides is 1. The third kappa shape index (κ3) is 4.94. The van der Waals surface area contributed by atoms with Crippen molar-refractivity contribution in [1.82, 2.24) is 10.2 Å². The summed E-state index contributed by atoms with van der Waals surface area (Å²) in [5.41, 5.74) is 5.44. The molecular formula is C14H29N3O. The molecule has 0 aliphatic carbocycles. The minimum absolute atomic E-state index is 0.163. The van der Waals surface area contributed by atoms with Gasteiger partial charge in [0.15, 0.2) is 0 Å². The fourth-order valence-corrected chi connectivity index (χ4v) is 2.78. The number of primary amides is 1. The molecule has 1 aliphatic rings. The second-order valence-electron chi connectivity index (χ2n) is 5.29. The van der Waals surface area contributed by atoms with Gasteiger partial charge in [0.05, 0.1) is 6.04 Å². The molecule has 0 aromatic heterocycles. The maximum absolute atomic E-state index is 11.4. The van der Waals surface area contributed by atoms with Crippen LogP contribution in [-0.4, -0.2) is 42.5 Å². The van der Waals surface area contributed by atoms with Crippen molar-refractivity contribution >= 4 is 5.91 Å². The summed E-state index contributed by atoms with van der Waals surface area (Å²) < 4.78 is 0. The highest BCUT2D eigenvalue weighted by molar-refractivity contribution is 5.79. The predicted octanol–water partition coefficient (Wildman–Crippen LogP) is 1.49. The predicted molar refractivity (Wildman–Crippen MR) is 75.4 cm³/mol. The Bertz CT molecular complexity index is 245. The number of piperidine rings is 1. The van der Waals surface area contributed by atoms with Gasteiger partial charge in [0.2, 0.25) is 5.91 Å². The van der Waals surface area contributed by atoms with E-state index in [0.717, 1.165) is 25.9 Å². The van der Waals surface area contributed by atoms with Gasteiger partial charge in [0.25, 0.3) is 0 Å². The van der Waals surface area contributed by atoms with E-state index in [1.165, 1.54) is 32.2 Å². The number of nitrogens with two attached hydrogens (primary N) is 1. The summed E-state index contributed by atoms with van der Waals surface area (Å²) in [6, 6.07) is 0.544. The zero-order chi connectivity index (χ0) is 13.4. The summed E-state index contributed by atoms with van der Waals surface area (Å²) in [5, 5.41) is 3.24. The van der Waals surface area contributed by atoms with Crippen molar-refractivity contribution in [1.29, 1.82) is 0 Å². The third-order valence-electron chi connectivity index (χ3n) is 3.91. The molecule has 0 aromatic rings. The van der Waals surface area contributed by atoms with Crippen LogP contribution >= 0.6 is 0 Å². The van der Waals surface area contributed by atoms with E-state index in [-0.39, 0.29) is 11.9 Å². The topological polar surface area (TPSA) is 58.4 Å². The number of hydrogen-bond donors (Lipinski definition) is 2. The molecule has 3 N–H and O–H groups in total. The van der Waals surface area contributed by atoms with Crippen molar-refractivity contribution in [3.8, 4) is 0 Å². The molecule has 4 heteroatoms. The van der Waals surface area contributed by atoms with Crippen molar-refractivity contribution < 1.29 is 4.79 Å². The van der Waals surface area contributed by atoms with Crippen molar-refractivity contribution in [2.75, 3.05) is 19.6 Å². The SMILES string of the molecule is CCCNC(CCN1CCCCC1CC)C(N)=O. The fraction of sp³-hybridized carbons (Fsp3) is 0.929. The molecule has 0 spiro atoms. The Morgan fingerprint density at radius 1 is 1.44 bits per heavy atom. The minimum atomic E-state index is -0.214. The minimum Gasteiger partial charge on any atom is -0.368 e. The van der Waals surface area contributed by atoms with E-state index in [2.05, 4.69) is 24.1 Å². The van der Waals surface area contributed by atoms with Gasteiger partial charge in [-0.25, -0.2) is 0 Å². The Balaban J connectivity index is 2.37. The van der Waals surface area contributed by atoms with E-state index in [1.807, 2.05) is 0 Å². The highest BCUT2D eigenvalue weighted by atomic mass is 16.1. The first-order chi connectivity index (χ1) is 8.69. The molecule has 0 radical (unpaired) electrons. The van der Waals surface area contributed by atoms with Crippen LogP contribution in [0.2, 0.25) is 0 Å². The van der Waals surface area contributed by atoms with E-state index >= 15 is 0 Å². The molecule has 0 saturated carbocycles. The van der Waals surface area contributed by atoms with Gasteiger partial charge in [-0.1, -0.05) is 20.3 Å². The van der Waals surface area contributed by atoms with Crippen molar-refractivity contribution in [3.63, 3.8) is 0 Å². The largest absolute Gasteiger partial charge is 0.368 e. The molecular weight excluding hydrogens is 226 g/mol. The molecule has 4 nitrogen and oxygen atoms in total. The molecule has 106 valence electrons. The van der Waals surface area contributed by atoms with Crippen LogP contribution in [0.4, 0.5) is 0 Å². The van der Waals surface area contributed by atoms with Crippen LogP contribution in [0, 0.1) is 0 Å². The van der Waals surface area contributed by atoms with E-state index in [0.29, 0.717) is 6.04 Å². The lowest BCUT2D eigenvalue weighted by molar-refractivity contribution is -0.120. The third-order valence-corrected chi connectivity index (χ3v) is 3.91. The number of nitrogens with one attached hydrogen (secondary N) is 1. The second-order valence-corrected chi connectivity index (χ2v) is 5.29. The number of carbonyl (C=O) groups excluding carboxylic acids is 1. The van der Waals surface area contributed by atoms with Crippen LogP contribution in [0.5, 0.6) is 0 Å². The van der Waals surface area contributed by atoms with E-state index in [9.17, 15) is 4.79 Å². The lowest BCUT2D eigenvalue weighted by Gasteiger charge is -2.35. The van der Waals surface area contributed by atoms with Gasteiger partial charge in [-0.3, -0.25) is 4.79 Å². The van der Waals surface area contributed by atoms with Crippen LogP contribution in [0.1, 0.15) is 52.4 Å². The monoisotopic (exact) mass is 255 g/mol. The maximum atomic E-state index is 11.4. The summed E-state index contributed by atoms with van der Waals surface area (Å²) in [7, 11) is 0. The van der Waals surface area contributed by atoms with E-state index < -0.39 is 0 Å². The first-order valence-corrected chi connectivity index (χ1v) is 7.45. The fourth-order valence-electron chi connectivity index (χ4n) is 2.78. The second kappa shape index (κ2) is 8.48. The first-order valence-electron chi connectivity index (χ1n) is 7.45. The molecule has 1 rings (SSSR count). The van der Waals surface area contributed by atoms with Crippen LogP contribution < -0.4 is 11.1 Å². The van der Waals surface area contributed by atoms with Crippen LogP contribution in [-0.2, 0) is 4.79 Å².